The highest BCUT2D eigenvalue weighted by molar-refractivity contribution is 9.10. The Labute approximate surface area is 119 Å². The van der Waals surface area contributed by atoms with Gasteiger partial charge in [0.1, 0.15) is 5.69 Å². The maximum absolute atomic E-state index is 12.3. The number of halogens is 4. The normalized spacial score (nSPS) is 11.6. The molecule has 0 bridgehead atoms. The Hall–Kier alpha value is -1.21. The Morgan fingerprint density at radius 2 is 2.11 bits per heavy atom. The van der Waals surface area contributed by atoms with E-state index in [1.165, 1.54) is 11.3 Å². The van der Waals surface area contributed by atoms with Crippen LogP contribution < -0.4 is 0 Å². The average molecular weight is 350 g/mol. The monoisotopic (exact) mass is 349 g/mol. The van der Waals surface area contributed by atoms with Crippen molar-refractivity contribution in [1.82, 2.24) is 4.98 Å². The summed E-state index contributed by atoms with van der Waals surface area (Å²) < 4.78 is 37.9. The van der Waals surface area contributed by atoms with Crippen LogP contribution in [-0.4, -0.2) is 10.8 Å². The highest BCUT2D eigenvalue weighted by Crippen LogP contribution is 2.28. The second-order valence-electron chi connectivity index (χ2n) is 3.76. The smallest absolute Gasteiger partial charge is 0.292 e. The maximum Gasteiger partial charge on any atom is 0.417 e. The number of aromatic nitrogens is 1. The first-order valence-electron chi connectivity index (χ1n) is 5.15. The summed E-state index contributed by atoms with van der Waals surface area (Å²) in [6.45, 7) is 0. The molecule has 0 saturated heterocycles. The molecule has 7 heteroatoms. The number of hydrogen-bond acceptors (Lipinski definition) is 3. The largest absolute Gasteiger partial charge is 0.417 e. The number of carbonyl (C=O) groups is 1. The van der Waals surface area contributed by atoms with Gasteiger partial charge in [0, 0.05) is 27.3 Å². The van der Waals surface area contributed by atoms with Crippen LogP contribution in [0.1, 0.15) is 20.9 Å². The van der Waals surface area contributed by atoms with E-state index in [9.17, 15) is 18.0 Å². The van der Waals surface area contributed by atoms with Gasteiger partial charge in [0.2, 0.25) is 0 Å². The number of ketones is 1. The molecular formula is C12H7BrF3NOS. The molecule has 0 atom stereocenters. The van der Waals surface area contributed by atoms with E-state index < -0.39 is 11.7 Å². The molecule has 2 rings (SSSR count). The summed E-state index contributed by atoms with van der Waals surface area (Å²) in [6, 6.07) is 3.77. The molecule has 0 aromatic carbocycles. The molecule has 0 fully saturated rings. The van der Waals surface area contributed by atoms with Crippen LogP contribution in [0, 0.1) is 0 Å². The van der Waals surface area contributed by atoms with Gasteiger partial charge in [0.25, 0.3) is 0 Å². The molecule has 2 aromatic heterocycles. The van der Waals surface area contributed by atoms with E-state index in [0.717, 1.165) is 21.5 Å². The molecule has 2 nitrogen and oxygen atoms in total. The van der Waals surface area contributed by atoms with Crippen molar-refractivity contribution in [1.29, 1.82) is 0 Å². The van der Waals surface area contributed by atoms with Crippen molar-refractivity contribution in [3.05, 3.63) is 50.4 Å². The fourth-order valence-corrected chi connectivity index (χ4v) is 2.87. The molecule has 0 amide bonds. The Kier molecular flexibility index (Phi) is 4.05. The zero-order chi connectivity index (χ0) is 14.0. The summed E-state index contributed by atoms with van der Waals surface area (Å²) in [5, 5.41) is 1.84. The molecule has 0 N–H and O–H groups in total. The Morgan fingerprint density at radius 3 is 2.58 bits per heavy atom. The van der Waals surface area contributed by atoms with Crippen molar-refractivity contribution in [3.8, 4) is 0 Å². The van der Waals surface area contributed by atoms with E-state index in [-0.39, 0.29) is 17.9 Å². The number of rotatable bonds is 3. The van der Waals surface area contributed by atoms with Crippen molar-refractivity contribution < 1.29 is 18.0 Å². The number of hydrogen-bond donors (Lipinski definition) is 0. The van der Waals surface area contributed by atoms with Crippen LogP contribution in [-0.2, 0) is 12.6 Å². The highest BCUT2D eigenvalue weighted by Gasteiger charge is 2.30. The molecule has 0 aliphatic rings. The molecule has 0 aliphatic heterocycles. The lowest BCUT2D eigenvalue weighted by molar-refractivity contribution is -0.137. The summed E-state index contributed by atoms with van der Waals surface area (Å²) >= 11 is 4.67. The van der Waals surface area contributed by atoms with Crippen molar-refractivity contribution in [2.75, 3.05) is 0 Å². The van der Waals surface area contributed by atoms with E-state index in [1.54, 1.807) is 6.07 Å². The average Bonchev–Trinajstić information content (AvgIpc) is 2.74. The second-order valence-corrected chi connectivity index (χ2v) is 5.67. The van der Waals surface area contributed by atoms with Gasteiger partial charge >= 0.3 is 6.18 Å². The Bertz CT molecular complexity index is 592. The number of Topliss-reactive ketones (excluding diaryl/α,β-unsaturated/α-hetero) is 1. The summed E-state index contributed by atoms with van der Waals surface area (Å²) in [6.07, 6.45) is -3.63. The molecule has 0 radical (unpaired) electrons. The predicted molar refractivity (Wildman–Crippen MR) is 69.3 cm³/mol. The zero-order valence-electron chi connectivity index (χ0n) is 9.37. The van der Waals surface area contributed by atoms with Crippen molar-refractivity contribution in [3.63, 3.8) is 0 Å². The topological polar surface area (TPSA) is 30.0 Å². The molecule has 100 valence electrons. The number of nitrogens with zero attached hydrogens (tertiary/aromatic N) is 1. The fourth-order valence-electron chi connectivity index (χ4n) is 1.42. The minimum atomic E-state index is -4.44. The Morgan fingerprint density at radius 1 is 1.37 bits per heavy atom. The van der Waals surface area contributed by atoms with Crippen LogP contribution in [0.15, 0.2) is 34.2 Å². The van der Waals surface area contributed by atoms with Gasteiger partial charge in [0.15, 0.2) is 5.78 Å². The van der Waals surface area contributed by atoms with Crippen molar-refractivity contribution in [2.24, 2.45) is 0 Å². The minimum Gasteiger partial charge on any atom is -0.292 e. The lowest BCUT2D eigenvalue weighted by Gasteiger charge is -2.06. The third-order valence-electron chi connectivity index (χ3n) is 2.33. The second kappa shape index (κ2) is 5.42. The summed E-state index contributed by atoms with van der Waals surface area (Å²) in [5.41, 5.74) is -0.819. The molecule has 2 aromatic rings. The van der Waals surface area contributed by atoms with Gasteiger partial charge in [-0.3, -0.25) is 9.78 Å². The van der Waals surface area contributed by atoms with Crippen LogP contribution in [0.2, 0.25) is 0 Å². The van der Waals surface area contributed by atoms with Gasteiger partial charge in [-0.05, 0) is 34.1 Å². The van der Waals surface area contributed by atoms with Gasteiger partial charge in [-0.25, -0.2) is 0 Å². The zero-order valence-corrected chi connectivity index (χ0v) is 11.8. The summed E-state index contributed by atoms with van der Waals surface area (Å²) in [4.78, 5) is 16.2. The lowest BCUT2D eigenvalue weighted by atomic mass is 10.1. The molecule has 19 heavy (non-hydrogen) atoms. The maximum atomic E-state index is 12.3. The van der Waals surface area contributed by atoms with Crippen LogP contribution in [0.25, 0.3) is 0 Å². The number of carbonyl (C=O) groups excluding carboxylic acids is 1. The van der Waals surface area contributed by atoms with Crippen LogP contribution in [0.5, 0.6) is 0 Å². The predicted octanol–water partition coefficient (Wildman–Crippen LogP) is 4.35. The standard InChI is InChI=1S/C12H7BrF3NOS/c13-8-3-9(19-6-8)4-11(18)10-2-1-7(5-17-10)12(14,15)16/h1-3,5-6H,4H2. The first kappa shape index (κ1) is 14.2. The van der Waals surface area contributed by atoms with Gasteiger partial charge in [-0.1, -0.05) is 0 Å². The minimum absolute atomic E-state index is 0.0394. The first-order chi connectivity index (χ1) is 8.86. The molecule has 0 unspecified atom stereocenters. The SMILES string of the molecule is O=C(Cc1cc(Br)cs1)c1ccc(C(F)(F)F)cn1. The van der Waals surface area contributed by atoms with E-state index in [4.69, 9.17) is 0 Å². The molecule has 0 aliphatic carbocycles. The molecule has 2 heterocycles. The van der Waals surface area contributed by atoms with E-state index >= 15 is 0 Å². The first-order valence-corrected chi connectivity index (χ1v) is 6.83. The van der Waals surface area contributed by atoms with E-state index in [0.29, 0.717) is 6.20 Å². The third kappa shape index (κ3) is 3.63. The van der Waals surface area contributed by atoms with Gasteiger partial charge in [-0.15, -0.1) is 11.3 Å². The number of pyridine rings is 1. The lowest BCUT2D eigenvalue weighted by Crippen LogP contribution is -2.09. The molecule has 0 spiro atoms. The van der Waals surface area contributed by atoms with Crippen LogP contribution in [0.3, 0.4) is 0 Å². The molecular weight excluding hydrogens is 343 g/mol. The van der Waals surface area contributed by atoms with Crippen LogP contribution in [0.4, 0.5) is 13.2 Å². The highest BCUT2D eigenvalue weighted by atomic mass is 79.9. The van der Waals surface area contributed by atoms with Crippen LogP contribution >= 0.6 is 27.3 Å². The van der Waals surface area contributed by atoms with Gasteiger partial charge in [-0.2, -0.15) is 13.2 Å². The van der Waals surface area contributed by atoms with E-state index in [1.807, 2.05) is 5.38 Å². The number of alkyl halides is 3. The number of thiophene rings is 1. The van der Waals surface area contributed by atoms with Crippen molar-refractivity contribution in [2.45, 2.75) is 12.6 Å². The third-order valence-corrected chi connectivity index (χ3v) is 4.03. The van der Waals surface area contributed by atoms with Crippen molar-refractivity contribution >= 4 is 33.0 Å². The Balaban J connectivity index is 2.12. The summed E-state index contributed by atoms with van der Waals surface area (Å²) in [7, 11) is 0. The molecule has 0 saturated carbocycles. The quantitative estimate of drug-likeness (QED) is 0.771. The van der Waals surface area contributed by atoms with Gasteiger partial charge < -0.3 is 0 Å². The van der Waals surface area contributed by atoms with E-state index in [2.05, 4.69) is 20.9 Å². The fraction of sp³-hybridized carbons (Fsp3) is 0.167. The van der Waals surface area contributed by atoms with Gasteiger partial charge in [0.05, 0.1) is 5.56 Å². The summed E-state index contributed by atoms with van der Waals surface area (Å²) in [5.74, 6) is -0.303.